The number of β-lactam (4-membered cyclic amide) rings is 1. The van der Waals surface area contributed by atoms with Crippen LogP contribution in [0.15, 0.2) is 66.7 Å². The number of hydrogen-bond donors (Lipinski definition) is 4. The Morgan fingerprint density at radius 2 is 1.81 bits per heavy atom. The topological polar surface area (TPSA) is 198 Å². The summed E-state index contributed by atoms with van der Waals surface area (Å²) in [6.07, 6.45) is -0.361. The number of hydrogen-bond acceptors (Lipinski definition) is 10. The Balaban J connectivity index is 1.04. The van der Waals surface area contributed by atoms with Crippen LogP contribution in [0.4, 0.5) is 9.18 Å². The molecule has 0 bridgehead atoms. The fourth-order valence-electron chi connectivity index (χ4n) is 7.03. The third kappa shape index (κ3) is 10.3. The van der Waals surface area contributed by atoms with Gasteiger partial charge in [-0.2, -0.15) is 0 Å². The lowest BCUT2D eigenvalue weighted by Crippen LogP contribution is -2.72. The Bertz CT molecular complexity index is 2200. The molecule has 3 aromatic carbocycles. The maximum Gasteiger partial charge on any atom is 0.409 e. The molecular formula is C42H47FN6O10. The molecule has 1 saturated heterocycles. The fraction of sp³-hybridized carbons (Fsp3) is 0.381. The molecule has 6 rings (SSSR count). The number of rotatable bonds is 18. The largest absolute Gasteiger partial charge is 0.488 e. The van der Waals surface area contributed by atoms with Gasteiger partial charge >= 0.3 is 12.1 Å². The number of benzene rings is 3. The summed E-state index contributed by atoms with van der Waals surface area (Å²) in [5.74, 6) is -2.52. The van der Waals surface area contributed by atoms with E-state index in [1.807, 2.05) is 30.3 Å². The van der Waals surface area contributed by atoms with Crippen LogP contribution in [0.25, 0.3) is 22.2 Å². The SMILES string of the molecule is CCNC(=O)C(CCCN(C)C(=O)OCc1ccccc1)NC(=O)CC1C(NC(=O)COc2ccc3c(c2)OCc2c-3[nH]c3ccc(F)cc23)C(=O)N1CC(=O)OCC. The minimum Gasteiger partial charge on any atom is -0.488 e. The van der Waals surface area contributed by atoms with Gasteiger partial charge in [0.1, 0.15) is 49.2 Å². The standard InChI is InChI=1S/C42H47FN6O10/c1-4-44-40(53)32(12-9-17-48(3)42(55)59-22-25-10-7-6-8-11-25)45-35(50)20-33-39(41(54)49(33)21-37(52)56-5-2)47-36(51)24-57-27-14-15-28-34(19-27)58-23-30-29-18-26(43)13-16-31(29)46-38(28)30/h6-8,10-11,13-16,18-19,32-33,39,46H,4-5,9,12,17,20-24H2,1-3H3,(H,44,53)(H,45,50)(H,47,51). The summed E-state index contributed by atoms with van der Waals surface area (Å²) in [6.45, 7) is 3.36. The van der Waals surface area contributed by atoms with E-state index in [1.165, 1.54) is 17.0 Å². The lowest BCUT2D eigenvalue weighted by Gasteiger charge is -2.46. The van der Waals surface area contributed by atoms with E-state index >= 15 is 0 Å². The number of carbonyl (C=O) groups is 6. The van der Waals surface area contributed by atoms with Crippen molar-refractivity contribution in [2.75, 3.05) is 39.9 Å². The van der Waals surface area contributed by atoms with Crippen LogP contribution in [-0.2, 0) is 46.7 Å². The van der Waals surface area contributed by atoms with E-state index in [0.29, 0.717) is 24.5 Å². The third-order valence-corrected chi connectivity index (χ3v) is 9.99. The van der Waals surface area contributed by atoms with E-state index in [-0.39, 0.29) is 45.0 Å². The van der Waals surface area contributed by atoms with Crippen molar-refractivity contribution in [2.45, 2.75) is 64.4 Å². The highest BCUT2D eigenvalue weighted by Crippen LogP contribution is 2.42. The Labute approximate surface area is 339 Å². The van der Waals surface area contributed by atoms with Crippen LogP contribution in [0.1, 0.15) is 44.2 Å². The smallest absolute Gasteiger partial charge is 0.409 e. The van der Waals surface area contributed by atoms with E-state index < -0.39 is 67.0 Å². The van der Waals surface area contributed by atoms with E-state index in [0.717, 1.165) is 38.2 Å². The van der Waals surface area contributed by atoms with E-state index in [1.54, 1.807) is 45.2 Å². The summed E-state index contributed by atoms with van der Waals surface area (Å²) in [7, 11) is 1.57. The normalized spacial score (nSPS) is 15.7. The zero-order chi connectivity index (χ0) is 42.1. The van der Waals surface area contributed by atoms with Crippen molar-refractivity contribution in [3.05, 3.63) is 83.7 Å². The number of nitrogens with zero attached hydrogens (tertiary/aromatic N) is 2. The van der Waals surface area contributed by atoms with Crippen LogP contribution >= 0.6 is 0 Å². The van der Waals surface area contributed by atoms with Crippen LogP contribution in [0.3, 0.4) is 0 Å². The molecule has 3 unspecified atom stereocenters. The number of fused-ring (bicyclic) bond motifs is 5. The van der Waals surface area contributed by atoms with Gasteiger partial charge in [0, 0.05) is 54.7 Å². The van der Waals surface area contributed by atoms with Crippen molar-refractivity contribution in [1.82, 2.24) is 30.7 Å². The molecule has 17 heteroatoms. The average Bonchev–Trinajstić information content (AvgIpc) is 3.60. The minimum absolute atomic E-state index is 0.0777. The third-order valence-electron chi connectivity index (χ3n) is 9.99. The van der Waals surface area contributed by atoms with Gasteiger partial charge in [-0.15, -0.1) is 0 Å². The molecule has 59 heavy (non-hydrogen) atoms. The second-order valence-corrected chi connectivity index (χ2v) is 14.1. The summed E-state index contributed by atoms with van der Waals surface area (Å²) >= 11 is 0. The van der Waals surface area contributed by atoms with Crippen LogP contribution in [0, 0.1) is 5.82 Å². The molecule has 0 saturated carbocycles. The maximum atomic E-state index is 13.9. The summed E-state index contributed by atoms with van der Waals surface area (Å²) in [6, 6.07) is 15.7. The second kappa shape index (κ2) is 19.2. The number of H-pyrrole nitrogens is 1. The Morgan fingerprint density at radius 3 is 2.58 bits per heavy atom. The van der Waals surface area contributed by atoms with E-state index in [9.17, 15) is 33.2 Å². The van der Waals surface area contributed by atoms with Crippen molar-refractivity contribution in [3.8, 4) is 22.8 Å². The summed E-state index contributed by atoms with van der Waals surface area (Å²) in [5.41, 5.74) is 3.97. The number of esters is 1. The number of halogens is 1. The highest BCUT2D eigenvalue weighted by molar-refractivity contribution is 5.98. The number of likely N-dealkylation sites (N-methyl/N-ethyl adjacent to an activating group) is 1. The average molecular weight is 815 g/mol. The predicted octanol–water partition coefficient (Wildman–Crippen LogP) is 3.56. The zero-order valence-electron chi connectivity index (χ0n) is 33.0. The van der Waals surface area contributed by atoms with Gasteiger partial charge in [-0.1, -0.05) is 30.3 Å². The first-order valence-electron chi connectivity index (χ1n) is 19.4. The molecule has 5 amide bonds. The Hall–Kier alpha value is -6.65. The first-order valence-corrected chi connectivity index (χ1v) is 19.4. The number of ether oxygens (including phenoxy) is 4. The second-order valence-electron chi connectivity index (χ2n) is 14.1. The molecule has 3 heterocycles. The highest BCUT2D eigenvalue weighted by Gasteiger charge is 2.50. The number of aromatic nitrogens is 1. The number of likely N-dealkylation sites (tertiary alicyclic amines) is 1. The minimum atomic E-state index is -1.16. The zero-order valence-corrected chi connectivity index (χ0v) is 33.0. The van der Waals surface area contributed by atoms with Gasteiger partial charge in [0.15, 0.2) is 6.61 Å². The van der Waals surface area contributed by atoms with Crippen molar-refractivity contribution in [1.29, 1.82) is 0 Å². The van der Waals surface area contributed by atoms with Gasteiger partial charge in [0.2, 0.25) is 17.7 Å². The molecule has 2 aliphatic rings. The maximum absolute atomic E-state index is 13.9. The lowest BCUT2D eigenvalue weighted by atomic mass is 9.91. The predicted molar refractivity (Wildman–Crippen MR) is 211 cm³/mol. The molecular weight excluding hydrogens is 767 g/mol. The quantitative estimate of drug-likeness (QED) is 0.0852. The highest BCUT2D eigenvalue weighted by atomic mass is 19.1. The molecule has 0 radical (unpaired) electrons. The van der Waals surface area contributed by atoms with Crippen molar-refractivity contribution >= 4 is 46.6 Å². The Kier molecular flexibility index (Phi) is 13.7. The molecule has 1 fully saturated rings. The molecule has 312 valence electrons. The van der Waals surface area contributed by atoms with Gasteiger partial charge < -0.3 is 49.7 Å². The van der Waals surface area contributed by atoms with Crippen LogP contribution < -0.4 is 25.4 Å². The molecule has 1 aromatic heterocycles. The van der Waals surface area contributed by atoms with Crippen LogP contribution in [-0.4, -0.2) is 108 Å². The molecule has 4 aromatic rings. The van der Waals surface area contributed by atoms with Gasteiger partial charge in [0.25, 0.3) is 5.91 Å². The van der Waals surface area contributed by atoms with Crippen LogP contribution in [0.2, 0.25) is 0 Å². The molecule has 3 atom stereocenters. The molecule has 16 nitrogen and oxygen atoms in total. The molecule has 4 N–H and O–H groups in total. The first kappa shape index (κ1) is 42.0. The number of carbonyl (C=O) groups excluding carboxylic acids is 6. The number of nitrogens with one attached hydrogen (secondary N) is 4. The number of aromatic amines is 1. The molecule has 2 aliphatic heterocycles. The van der Waals surface area contributed by atoms with E-state index in [2.05, 4.69) is 20.9 Å². The lowest BCUT2D eigenvalue weighted by molar-refractivity contribution is -0.163. The summed E-state index contributed by atoms with van der Waals surface area (Å²) in [5, 5.41) is 8.76. The Morgan fingerprint density at radius 1 is 1.02 bits per heavy atom. The fourth-order valence-corrected chi connectivity index (χ4v) is 7.03. The molecule has 0 spiro atoms. The molecule has 0 aliphatic carbocycles. The first-order chi connectivity index (χ1) is 28.4. The van der Waals surface area contributed by atoms with Gasteiger partial charge in [-0.25, -0.2) is 9.18 Å². The number of amides is 5. The van der Waals surface area contributed by atoms with Crippen LogP contribution in [0.5, 0.6) is 11.5 Å². The van der Waals surface area contributed by atoms with Crippen molar-refractivity contribution < 1.29 is 52.1 Å². The van der Waals surface area contributed by atoms with E-state index in [4.69, 9.17) is 18.9 Å². The summed E-state index contributed by atoms with van der Waals surface area (Å²) in [4.78, 5) is 83.5. The van der Waals surface area contributed by atoms with Crippen molar-refractivity contribution in [2.24, 2.45) is 0 Å². The van der Waals surface area contributed by atoms with Gasteiger partial charge in [0.05, 0.1) is 18.3 Å². The summed E-state index contributed by atoms with van der Waals surface area (Å²) < 4.78 is 36.0. The van der Waals surface area contributed by atoms with Crippen molar-refractivity contribution in [3.63, 3.8) is 0 Å². The van der Waals surface area contributed by atoms with Gasteiger partial charge in [-0.05, 0) is 62.6 Å². The monoisotopic (exact) mass is 814 g/mol. The van der Waals surface area contributed by atoms with Gasteiger partial charge in [-0.3, -0.25) is 24.0 Å².